The molecular formula is C22H30N6O2. The molecule has 1 aliphatic rings. The lowest BCUT2D eigenvalue weighted by molar-refractivity contribution is 0.126. The van der Waals surface area contributed by atoms with Crippen LogP contribution in [0.25, 0.3) is 11.2 Å². The highest BCUT2D eigenvalue weighted by Gasteiger charge is 2.19. The average Bonchev–Trinajstić information content (AvgIpc) is 3.09. The third-order valence-electron chi connectivity index (χ3n) is 6.16. The van der Waals surface area contributed by atoms with E-state index in [-0.39, 0.29) is 11.2 Å². The van der Waals surface area contributed by atoms with Gasteiger partial charge in [0, 0.05) is 60.3 Å². The summed E-state index contributed by atoms with van der Waals surface area (Å²) in [5.41, 5.74) is 1.70. The largest absolute Gasteiger partial charge is 0.332 e. The molecule has 0 unspecified atom stereocenters. The normalized spacial score (nSPS) is 15.8. The highest BCUT2D eigenvalue weighted by Crippen LogP contribution is 2.12. The summed E-state index contributed by atoms with van der Waals surface area (Å²) in [4.78, 5) is 34.3. The van der Waals surface area contributed by atoms with Crippen LogP contribution in [0.4, 0.5) is 0 Å². The van der Waals surface area contributed by atoms with Crippen molar-refractivity contribution in [1.29, 1.82) is 0 Å². The van der Waals surface area contributed by atoms with Crippen LogP contribution in [-0.2, 0) is 34.1 Å². The first-order valence-electron chi connectivity index (χ1n) is 10.6. The van der Waals surface area contributed by atoms with Gasteiger partial charge in [0.25, 0.3) is 5.56 Å². The molecular weight excluding hydrogens is 380 g/mol. The molecule has 8 nitrogen and oxygen atoms in total. The Morgan fingerprint density at radius 1 is 0.867 bits per heavy atom. The van der Waals surface area contributed by atoms with E-state index in [1.807, 2.05) is 11.6 Å². The summed E-state index contributed by atoms with van der Waals surface area (Å²) >= 11 is 0. The van der Waals surface area contributed by atoms with Gasteiger partial charge < -0.3 is 9.47 Å². The molecule has 1 saturated heterocycles. The molecule has 1 aliphatic heterocycles. The summed E-state index contributed by atoms with van der Waals surface area (Å²) in [5, 5.41) is 0. The molecule has 160 valence electrons. The third-order valence-corrected chi connectivity index (χ3v) is 6.16. The van der Waals surface area contributed by atoms with Crippen LogP contribution in [0.5, 0.6) is 0 Å². The second kappa shape index (κ2) is 8.57. The fourth-order valence-corrected chi connectivity index (χ4v) is 4.26. The van der Waals surface area contributed by atoms with Crippen LogP contribution in [0, 0.1) is 0 Å². The van der Waals surface area contributed by atoms with E-state index in [0.717, 1.165) is 62.5 Å². The van der Waals surface area contributed by atoms with E-state index in [9.17, 15) is 9.59 Å². The van der Waals surface area contributed by atoms with Gasteiger partial charge in [-0.1, -0.05) is 30.3 Å². The third kappa shape index (κ3) is 3.97. The van der Waals surface area contributed by atoms with E-state index < -0.39 is 0 Å². The van der Waals surface area contributed by atoms with Crippen LogP contribution in [0.3, 0.4) is 0 Å². The average molecular weight is 411 g/mol. The Morgan fingerprint density at radius 2 is 1.53 bits per heavy atom. The Bertz CT molecular complexity index is 1140. The topological polar surface area (TPSA) is 68.3 Å². The van der Waals surface area contributed by atoms with Crippen molar-refractivity contribution in [2.24, 2.45) is 21.1 Å². The van der Waals surface area contributed by atoms with Crippen LogP contribution in [0.15, 0.2) is 39.9 Å². The van der Waals surface area contributed by atoms with E-state index in [0.29, 0.717) is 11.2 Å². The Hall–Kier alpha value is -2.71. The van der Waals surface area contributed by atoms with Gasteiger partial charge in [0.1, 0.15) is 5.82 Å². The Labute approximate surface area is 176 Å². The quantitative estimate of drug-likeness (QED) is 0.599. The molecule has 3 aromatic rings. The fraction of sp³-hybridized carbons (Fsp3) is 0.500. The zero-order valence-corrected chi connectivity index (χ0v) is 18.0. The molecule has 0 aliphatic carbocycles. The molecule has 0 amide bonds. The SMILES string of the molecule is Cn1c(=O)c2c(nc(CCCN3CCN(Cc4ccccc4)CC3)n2C)n(C)c1=O. The van der Waals surface area contributed by atoms with Crippen LogP contribution < -0.4 is 11.2 Å². The van der Waals surface area contributed by atoms with Crippen molar-refractivity contribution in [3.05, 3.63) is 62.6 Å². The Morgan fingerprint density at radius 3 is 2.23 bits per heavy atom. The molecule has 0 spiro atoms. The smallest absolute Gasteiger partial charge is 0.325 e. The van der Waals surface area contributed by atoms with Crippen molar-refractivity contribution in [2.75, 3.05) is 32.7 Å². The minimum atomic E-state index is -0.342. The van der Waals surface area contributed by atoms with Crippen molar-refractivity contribution in [1.82, 2.24) is 28.5 Å². The number of rotatable bonds is 6. The van der Waals surface area contributed by atoms with Gasteiger partial charge in [-0.05, 0) is 18.5 Å². The molecule has 8 heteroatoms. The van der Waals surface area contributed by atoms with Gasteiger partial charge >= 0.3 is 5.69 Å². The van der Waals surface area contributed by atoms with Gasteiger partial charge in [-0.25, -0.2) is 9.78 Å². The maximum atomic E-state index is 12.5. The number of hydrogen-bond donors (Lipinski definition) is 0. The number of piperazine rings is 1. The van der Waals surface area contributed by atoms with E-state index in [2.05, 4.69) is 45.1 Å². The molecule has 1 aromatic carbocycles. The van der Waals surface area contributed by atoms with Crippen LogP contribution in [-0.4, -0.2) is 61.2 Å². The van der Waals surface area contributed by atoms with E-state index in [4.69, 9.17) is 0 Å². The lowest BCUT2D eigenvalue weighted by atomic mass is 10.2. The molecule has 2 aromatic heterocycles. The Kier molecular flexibility index (Phi) is 5.87. The summed E-state index contributed by atoms with van der Waals surface area (Å²) in [5.74, 6) is 0.853. The second-order valence-corrected chi connectivity index (χ2v) is 8.17. The van der Waals surface area contributed by atoms with Crippen LogP contribution in [0.1, 0.15) is 17.8 Å². The fourth-order valence-electron chi connectivity index (χ4n) is 4.26. The maximum absolute atomic E-state index is 12.5. The molecule has 1 fully saturated rings. The summed E-state index contributed by atoms with van der Waals surface area (Å²) in [7, 11) is 5.03. The number of aromatic nitrogens is 4. The number of fused-ring (bicyclic) bond motifs is 1. The standard InChI is InChI=1S/C22H30N6O2/c1-24-18(23-20-19(24)21(29)26(3)22(30)25(20)2)10-7-11-27-12-14-28(15-13-27)16-17-8-5-4-6-9-17/h4-6,8-9H,7,10-16H2,1-3H3. The summed E-state index contributed by atoms with van der Waals surface area (Å²) in [6.45, 7) is 6.34. The maximum Gasteiger partial charge on any atom is 0.332 e. The molecule has 30 heavy (non-hydrogen) atoms. The van der Waals surface area contributed by atoms with E-state index >= 15 is 0 Å². The number of nitrogens with zero attached hydrogens (tertiary/aromatic N) is 6. The predicted octanol–water partition coefficient (Wildman–Crippen LogP) is 0.721. The summed E-state index contributed by atoms with van der Waals surface area (Å²) in [6, 6.07) is 10.6. The van der Waals surface area contributed by atoms with Gasteiger partial charge in [0.05, 0.1) is 0 Å². The van der Waals surface area contributed by atoms with E-state index in [1.165, 1.54) is 17.2 Å². The molecule has 3 heterocycles. The zero-order chi connectivity index (χ0) is 21.3. The number of benzene rings is 1. The predicted molar refractivity (Wildman–Crippen MR) is 118 cm³/mol. The minimum absolute atomic E-state index is 0.288. The number of hydrogen-bond acceptors (Lipinski definition) is 5. The summed E-state index contributed by atoms with van der Waals surface area (Å²) in [6.07, 6.45) is 1.76. The van der Waals surface area contributed by atoms with Crippen molar-refractivity contribution in [3.8, 4) is 0 Å². The van der Waals surface area contributed by atoms with Crippen molar-refractivity contribution in [2.45, 2.75) is 19.4 Å². The van der Waals surface area contributed by atoms with Crippen molar-refractivity contribution in [3.63, 3.8) is 0 Å². The Balaban J connectivity index is 1.33. The number of imidazole rings is 1. The first kappa shape index (κ1) is 20.6. The van der Waals surface area contributed by atoms with Crippen molar-refractivity contribution >= 4 is 11.2 Å². The summed E-state index contributed by atoms with van der Waals surface area (Å²) < 4.78 is 4.43. The minimum Gasteiger partial charge on any atom is -0.325 e. The molecule has 0 saturated carbocycles. The van der Waals surface area contributed by atoms with Crippen molar-refractivity contribution < 1.29 is 0 Å². The first-order valence-corrected chi connectivity index (χ1v) is 10.6. The number of aryl methyl sites for hydroxylation is 3. The molecule has 0 atom stereocenters. The zero-order valence-electron chi connectivity index (χ0n) is 18.0. The van der Waals surface area contributed by atoms with Gasteiger partial charge in [-0.2, -0.15) is 0 Å². The monoisotopic (exact) mass is 410 g/mol. The molecule has 0 bridgehead atoms. The second-order valence-electron chi connectivity index (χ2n) is 8.17. The van der Waals surface area contributed by atoms with Gasteiger partial charge in [0.15, 0.2) is 11.2 Å². The first-order chi connectivity index (χ1) is 14.5. The lowest BCUT2D eigenvalue weighted by Crippen LogP contribution is -2.46. The van der Waals surface area contributed by atoms with Gasteiger partial charge in [0.2, 0.25) is 0 Å². The molecule has 0 N–H and O–H groups in total. The highest BCUT2D eigenvalue weighted by atomic mass is 16.2. The molecule has 0 radical (unpaired) electrons. The van der Waals surface area contributed by atoms with Gasteiger partial charge in [-0.3, -0.25) is 18.8 Å². The highest BCUT2D eigenvalue weighted by molar-refractivity contribution is 5.70. The van der Waals surface area contributed by atoms with Gasteiger partial charge in [-0.15, -0.1) is 0 Å². The van der Waals surface area contributed by atoms with Crippen LogP contribution in [0.2, 0.25) is 0 Å². The van der Waals surface area contributed by atoms with Crippen LogP contribution >= 0.6 is 0 Å². The lowest BCUT2D eigenvalue weighted by Gasteiger charge is -2.34. The van der Waals surface area contributed by atoms with E-state index in [1.54, 1.807) is 7.05 Å². The molecule has 4 rings (SSSR count).